The first-order valence-corrected chi connectivity index (χ1v) is 14.3. The molecule has 47 heavy (non-hydrogen) atoms. The summed E-state index contributed by atoms with van der Waals surface area (Å²) < 4.78 is 132. The van der Waals surface area contributed by atoms with Gasteiger partial charge >= 0.3 is 12.3 Å². The summed E-state index contributed by atoms with van der Waals surface area (Å²) in [7, 11) is 0. The van der Waals surface area contributed by atoms with Crippen molar-refractivity contribution in [3.05, 3.63) is 149 Å². The Kier molecular flexibility index (Phi) is 9.51. The molecule has 0 amide bonds. The zero-order valence-electron chi connectivity index (χ0n) is 24.6. The highest BCUT2D eigenvalue weighted by Gasteiger charge is 2.38. The monoisotopic (exact) mass is 656 g/mol. The first-order chi connectivity index (χ1) is 22.3. The van der Waals surface area contributed by atoms with Gasteiger partial charge in [0.05, 0.1) is 5.56 Å². The minimum absolute atomic E-state index is 0.0311. The molecule has 0 aliphatic carbocycles. The third-order valence-electron chi connectivity index (χ3n) is 7.44. The molecule has 0 saturated carbocycles. The van der Waals surface area contributed by atoms with Crippen LogP contribution in [0.4, 0.5) is 39.5 Å². The maximum atomic E-state index is 15.2. The molecule has 0 aromatic heterocycles. The summed E-state index contributed by atoms with van der Waals surface area (Å²) in [5, 5.41) is 0. The van der Waals surface area contributed by atoms with Gasteiger partial charge in [-0.2, -0.15) is 22.0 Å². The Morgan fingerprint density at radius 2 is 1.09 bits per heavy atom. The fourth-order valence-electron chi connectivity index (χ4n) is 5.05. The molecule has 0 heterocycles. The van der Waals surface area contributed by atoms with Gasteiger partial charge in [-0.05, 0) is 96.1 Å². The van der Waals surface area contributed by atoms with E-state index in [1.807, 2.05) is 19.1 Å². The minimum atomic E-state index is -5.28. The molecule has 0 saturated heterocycles. The van der Waals surface area contributed by atoms with Crippen LogP contribution < -0.4 is 4.74 Å². The van der Waals surface area contributed by atoms with E-state index in [9.17, 15) is 35.1 Å². The van der Waals surface area contributed by atoms with Crippen LogP contribution >= 0.6 is 0 Å². The summed E-state index contributed by atoms with van der Waals surface area (Å²) in [5.41, 5.74) is -1.45. The van der Waals surface area contributed by atoms with Gasteiger partial charge in [0.25, 0.3) is 0 Å². The van der Waals surface area contributed by atoms with Gasteiger partial charge in [0, 0.05) is 11.1 Å². The smallest absolute Gasteiger partial charge is 0.426 e. The van der Waals surface area contributed by atoms with Crippen LogP contribution in [0, 0.1) is 23.3 Å². The summed E-state index contributed by atoms with van der Waals surface area (Å²) in [6, 6.07) is 19.5. The Hall–Kier alpha value is -4.99. The van der Waals surface area contributed by atoms with Crippen molar-refractivity contribution in [1.82, 2.24) is 0 Å². The highest BCUT2D eigenvalue weighted by atomic mass is 19.4. The number of allylic oxidation sites excluding steroid dienone is 2. The van der Waals surface area contributed by atoms with E-state index in [0.29, 0.717) is 23.3 Å². The maximum Gasteiger partial charge on any atom is 0.426 e. The number of hydrogen-bond donors (Lipinski definition) is 0. The Balaban J connectivity index is 1.30. The quantitative estimate of drug-likeness (QED) is 0.113. The van der Waals surface area contributed by atoms with Gasteiger partial charge in [-0.1, -0.05) is 60.7 Å². The highest BCUT2D eigenvalue weighted by molar-refractivity contribution is 5.74. The van der Waals surface area contributed by atoms with Crippen LogP contribution in [0.25, 0.3) is 33.4 Å². The second-order valence-corrected chi connectivity index (χ2v) is 10.6. The highest BCUT2D eigenvalue weighted by Crippen LogP contribution is 2.38. The van der Waals surface area contributed by atoms with Gasteiger partial charge in [0.1, 0.15) is 34.6 Å². The number of alkyl halides is 5. The molecule has 0 unspecified atom stereocenters. The van der Waals surface area contributed by atoms with Crippen LogP contribution in [0.5, 0.6) is 5.75 Å². The molecule has 1 nitrogen and oxygen atoms in total. The lowest BCUT2D eigenvalue weighted by Crippen LogP contribution is -2.21. The van der Waals surface area contributed by atoms with Crippen molar-refractivity contribution in [2.24, 2.45) is 0 Å². The molecule has 0 fully saturated rings. The number of halogens is 9. The summed E-state index contributed by atoms with van der Waals surface area (Å²) in [6.07, 6.45) is -3.44. The van der Waals surface area contributed by atoms with Crippen LogP contribution in [0.15, 0.2) is 109 Å². The van der Waals surface area contributed by atoms with E-state index in [-0.39, 0.29) is 28.0 Å². The summed E-state index contributed by atoms with van der Waals surface area (Å²) >= 11 is 0. The molecular weight excluding hydrogens is 631 g/mol. The molecule has 5 aromatic rings. The molecule has 0 N–H and O–H groups in total. The molecule has 242 valence electrons. The van der Waals surface area contributed by atoms with Crippen LogP contribution in [0.2, 0.25) is 0 Å². The first-order valence-electron chi connectivity index (χ1n) is 14.3. The average molecular weight is 657 g/mol. The summed E-state index contributed by atoms with van der Waals surface area (Å²) in [4.78, 5) is 0. The molecule has 0 bridgehead atoms. The second kappa shape index (κ2) is 13.4. The SMILES string of the molecule is CC=CCCc1ccc(C(F)(F)Oc2ccc(-c3ccc(-c4ccc(-c5cc(F)c(C(F)(F)F)c(F)c5)c(F)c4)c(F)c3)cc2)cc1. The number of hydrogen-bond acceptors (Lipinski definition) is 1. The van der Waals surface area contributed by atoms with E-state index >= 15 is 4.39 Å². The minimum Gasteiger partial charge on any atom is -0.429 e. The molecule has 5 rings (SSSR count). The Morgan fingerprint density at radius 3 is 1.64 bits per heavy atom. The summed E-state index contributed by atoms with van der Waals surface area (Å²) in [5.74, 6) is -5.71. The van der Waals surface area contributed by atoms with Crippen molar-refractivity contribution < 1.29 is 44.3 Å². The molecule has 0 atom stereocenters. The number of ether oxygens (including phenoxy) is 1. The molecule has 0 radical (unpaired) electrons. The van der Waals surface area contributed by atoms with Crippen molar-refractivity contribution in [2.75, 3.05) is 0 Å². The zero-order chi connectivity index (χ0) is 33.9. The van der Waals surface area contributed by atoms with E-state index in [1.54, 1.807) is 12.1 Å². The lowest BCUT2D eigenvalue weighted by Gasteiger charge is -2.19. The predicted octanol–water partition coefficient (Wildman–Crippen LogP) is 11.9. The molecule has 5 aromatic carbocycles. The van der Waals surface area contributed by atoms with E-state index in [1.165, 1.54) is 54.6 Å². The van der Waals surface area contributed by atoms with E-state index in [2.05, 4.69) is 0 Å². The molecular formula is C37H25F9O. The van der Waals surface area contributed by atoms with Gasteiger partial charge in [0.15, 0.2) is 0 Å². The van der Waals surface area contributed by atoms with Gasteiger partial charge < -0.3 is 4.74 Å². The van der Waals surface area contributed by atoms with Crippen LogP contribution in [-0.2, 0) is 18.7 Å². The third kappa shape index (κ3) is 7.53. The lowest BCUT2D eigenvalue weighted by atomic mass is 9.96. The zero-order valence-corrected chi connectivity index (χ0v) is 24.6. The average Bonchev–Trinajstić information content (AvgIpc) is 3.00. The Labute approximate surface area is 264 Å². The van der Waals surface area contributed by atoms with Gasteiger partial charge in [-0.15, -0.1) is 0 Å². The second-order valence-electron chi connectivity index (χ2n) is 10.6. The fourth-order valence-corrected chi connectivity index (χ4v) is 5.05. The number of benzene rings is 5. The molecule has 0 aliphatic heterocycles. The third-order valence-corrected chi connectivity index (χ3v) is 7.44. The van der Waals surface area contributed by atoms with Crippen molar-refractivity contribution in [3.8, 4) is 39.1 Å². The standard InChI is InChI=1S/C37H25F9O/c1-2-3-4-5-22-6-12-27(13-7-22)37(45,46)47-28-14-8-23(9-15-28)24-10-16-29(31(38)18-24)25-11-17-30(32(39)19-25)26-20-33(40)35(34(41)21-26)36(42,43)44/h2-3,6-21H,4-5H2,1H3. The Morgan fingerprint density at radius 1 is 0.574 bits per heavy atom. The number of aryl methyl sites for hydroxylation is 1. The molecule has 10 heteroatoms. The maximum absolute atomic E-state index is 15.2. The molecule has 0 aliphatic rings. The molecule has 0 spiro atoms. The van der Waals surface area contributed by atoms with Gasteiger partial charge in [0.2, 0.25) is 0 Å². The predicted molar refractivity (Wildman–Crippen MR) is 162 cm³/mol. The van der Waals surface area contributed by atoms with Crippen LogP contribution in [-0.4, -0.2) is 0 Å². The van der Waals surface area contributed by atoms with E-state index in [4.69, 9.17) is 4.74 Å². The fraction of sp³-hybridized carbons (Fsp3) is 0.135. The topological polar surface area (TPSA) is 9.23 Å². The lowest BCUT2D eigenvalue weighted by molar-refractivity contribution is -0.185. The Bertz CT molecular complexity index is 1890. The van der Waals surface area contributed by atoms with E-state index < -0.39 is 46.7 Å². The first kappa shape index (κ1) is 33.4. The number of rotatable bonds is 9. The van der Waals surface area contributed by atoms with Crippen molar-refractivity contribution in [3.63, 3.8) is 0 Å². The van der Waals surface area contributed by atoms with Crippen molar-refractivity contribution >= 4 is 0 Å². The van der Waals surface area contributed by atoms with Gasteiger partial charge in [-0.3, -0.25) is 0 Å². The van der Waals surface area contributed by atoms with Crippen molar-refractivity contribution in [2.45, 2.75) is 32.1 Å². The summed E-state index contributed by atoms with van der Waals surface area (Å²) in [6.45, 7) is 1.91. The normalized spacial score (nSPS) is 12.1. The van der Waals surface area contributed by atoms with E-state index in [0.717, 1.165) is 36.6 Å². The van der Waals surface area contributed by atoms with Gasteiger partial charge in [-0.25, -0.2) is 17.6 Å². The largest absolute Gasteiger partial charge is 0.429 e. The van der Waals surface area contributed by atoms with Crippen molar-refractivity contribution in [1.29, 1.82) is 0 Å². The van der Waals surface area contributed by atoms with Crippen LogP contribution in [0.1, 0.15) is 30.0 Å². The van der Waals surface area contributed by atoms with Crippen LogP contribution in [0.3, 0.4) is 0 Å².